The molecule has 2 aromatic rings. The summed E-state index contributed by atoms with van der Waals surface area (Å²) in [7, 11) is -3.65. The van der Waals surface area contributed by atoms with Crippen molar-refractivity contribution in [2.24, 2.45) is 0 Å². The molecule has 11 heteroatoms. The Morgan fingerprint density at radius 2 is 1.69 bits per heavy atom. The van der Waals surface area contributed by atoms with Crippen molar-refractivity contribution in [1.29, 1.82) is 0 Å². The van der Waals surface area contributed by atoms with Crippen LogP contribution in [0.5, 0.6) is 0 Å². The van der Waals surface area contributed by atoms with E-state index in [1.54, 1.807) is 6.08 Å². The van der Waals surface area contributed by atoms with Gasteiger partial charge in [0.25, 0.3) is 0 Å². The van der Waals surface area contributed by atoms with Gasteiger partial charge in [-0.2, -0.15) is 0 Å². The minimum atomic E-state index is -3.65. The first-order chi connectivity index (χ1) is 14.9. The van der Waals surface area contributed by atoms with Gasteiger partial charge in [0.1, 0.15) is 5.82 Å². The number of halogens is 1. The van der Waals surface area contributed by atoms with E-state index in [-0.39, 0.29) is 24.7 Å². The molecule has 0 amide bonds. The quantitative estimate of drug-likeness (QED) is 0.329. The third-order valence-electron chi connectivity index (χ3n) is 4.40. The smallest absolute Gasteiger partial charge is 0.237 e. The maximum atomic E-state index is 13.4. The van der Waals surface area contributed by atoms with Gasteiger partial charge in [-0.05, 0) is 30.2 Å². The van der Waals surface area contributed by atoms with E-state index in [2.05, 4.69) is 14.7 Å². The van der Waals surface area contributed by atoms with Crippen molar-refractivity contribution in [3.05, 3.63) is 47.4 Å². The SMILES string of the molecule is CC(C)c1nc(NS(C)(=O)=O)nc(-c2ccc(F)cc2)c1C=C[C@@H](O)C[C@@H](O)CC(O)O. The fourth-order valence-corrected chi connectivity index (χ4v) is 3.46. The third-order valence-corrected chi connectivity index (χ3v) is 4.95. The third kappa shape index (κ3) is 7.92. The Labute approximate surface area is 186 Å². The van der Waals surface area contributed by atoms with Crippen LogP contribution in [0.15, 0.2) is 30.3 Å². The number of aliphatic hydroxyl groups is 4. The van der Waals surface area contributed by atoms with Crippen molar-refractivity contribution in [1.82, 2.24) is 9.97 Å². The van der Waals surface area contributed by atoms with Crippen molar-refractivity contribution in [2.45, 2.75) is 51.1 Å². The molecule has 32 heavy (non-hydrogen) atoms. The van der Waals surface area contributed by atoms with Crippen LogP contribution in [0.2, 0.25) is 0 Å². The number of nitrogens with zero attached hydrogens (tertiary/aromatic N) is 2. The molecule has 0 saturated carbocycles. The van der Waals surface area contributed by atoms with Gasteiger partial charge >= 0.3 is 0 Å². The van der Waals surface area contributed by atoms with Gasteiger partial charge in [0.05, 0.1) is 29.9 Å². The van der Waals surface area contributed by atoms with Gasteiger partial charge in [-0.25, -0.2) is 22.8 Å². The van der Waals surface area contributed by atoms with Crippen molar-refractivity contribution in [3.63, 3.8) is 0 Å². The topological polar surface area (TPSA) is 153 Å². The molecule has 5 N–H and O–H groups in total. The molecule has 1 heterocycles. The Hall–Kier alpha value is -2.44. The lowest BCUT2D eigenvalue weighted by Crippen LogP contribution is -2.21. The van der Waals surface area contributed by atoms with Gasteiger partial charge in [-0.1, -0.05) is 26.0 Å². The molecule has 2 atom stereocenters. The summed E-state index contributed by atoms with van der Waals surface area (Å²) in [6, 6.07) is 5.47. The number of anilines is 1. The van der Waals surface area contributed by atoms with Crippen molar-refractivity contribution >= 4 is 22.0 Å². The summed E-state index contributed by atoms with van der Waals surface area (Å²) >= 11 is 0. The van der Waals surface area contributed by atoms with E-state index in [4.69, 9.17) is 10.2 Å². The van der Waals surface area contributed by atoms with E-state index in [1.807, 2.05) is 13.8 Å². The van der Waals surface area contributed by atoms with Gasteiger partial charge in [0.2, 0.25) is 16.0 Å². The van der Waals surface area contributed by atoms with Gasteiger partial charge in [0.15, 0.2) is 6.29 Å². The number of sulfonamides is 1. The van der Waals surface area contributed by atoms with Gasteiger partial charge < -0.3 is 20.4 Å². The summed E-state index contributed by atoms with van der Waals surface area (Å²) in [6.07, 6.45) is -0.459. The molecule has 0 saturated heterocycles. The maximum absolute atomic E-state index is 13.4. The van der Waals surface area contributed by atoms with Crippen LogP contribution in [-0.4, -0.2) is 63.6 Å². The summed E-state index contributed by atoms with van der Waals surface area (Å²) in [5.41, 5.74) is 1.80. The molecule has 0 bridgehead atoms. The highest BCUT2D eigenvalue weighted by atomic mass is 32.2. The molecule has 2 rings (SSSR count). The fourth-order valence-electron chi connectivity index (χ4n) is 3.03. The Kier molecular flexibility index (Phi) is 8.81. The Bertz CT molecular complexity index is 1040. The fraction of sp³-hybridized carbons (Fsp3) is 0.429. The molecule has 0 aliphatic carbocycles. The van der Waals surface area contributed by atoms with Crippen LogP contribution in [0.3, 0.4) is 0 Å². The Balaban J connectivity index is 2.54. The number of rotatable bonds is 10. The zero-order valence-electron chi connectivity index (χ0n) is 18.0. The molecule has 0 unspecified atom stereocenters. The van der Waals surface area contributed by atoms with E-state index >= 15 is 0 Å². The standard InChI is InChI=1S/C21H28FN3O6S/c1-12(2)19-17(9-8-15(26)10-16(27)11-18(28)29)20(13-4-6-14(22)7-5-13)24-21(23-19)25-32(3,30)31/h4-9,12,15-16,18,26-29H,10-11H2,1-3H3,(H,23,24,25)/t15-,16-/m1/s1. The van der Waals surface area contributed by atoms with E-state index in [1.165, 1.54) is 30.3 Å². The first-order valence-corrected chi connectivity index (χ1v) is 11.8. The minimum Gasteiger partial charge on any atom is -0.393 e. The monoisotopic (exact) mass is 469 g/mol. The highest BCUT2D eigenvalue weighted by Crippen LogP contribution is 2.31. The predicted octanol–water partition coefficient (Wildman–Crippen LogP) is 1.60. The molecule has 0 radical (unpaired) electrons. The maximum Gasteiger partial charge on any atom is 0.237 e. The lowest BCUT2D eigenvalue weighted by molar-refractivity contribution is -0.0739. The number of aromatic nitrogens is 2. The number of hydrogen-bond acceptors (Lipinski definition) is 8. The van der Waals surface area contributed by atoms with Crippen LogP contribution in [0.4, 0.5) is 10.3 Å². The second-order valence-electron chi connectivity index (χ2n) is 7.76. The van der Waals surface area contributed by atoms with Crippen molar-refractivity contribution < 1.29 is 33.2 Å². The molecule has 0 aliphatic heterocycles. The molecule has 9 nitrogen and oxygen atoms in total. The molecule has 176 valence electrons. The largest absolute Gasteiger partial charge is 0.393 e. The normalized spacial score (nSPS) is 14.3. The van der Waals surface area contributed by atoms with Gasteiger partial charge in [0, 0.05) is 24.0 Å². The highest BCUT2D eigenvalue weighted by molar-refractivity contribution is 7.91. The average molecular weight is 470 g/mol. The lowest BCUT2D eigenvalue weighted by atomic mass is 9.97. The Morgan fingerprint density at radius 3 is 2.22 bits per heavy atom. The first kappa shape index (κ1) is 25.8. The van der Waals surface area contributed by atoms with Crippen LogP contribution in [0.1, 0.15) is 43.9 Å². The minimum absolute atomic E-state index is 0.133. The van der Waals surface area contributed by atoms with Gasteiger partial charge in [-0.15, -0.1) is 0 Å². The van der Waals surface area contributed by atoms with E-state index in [0.717, 1.165) is 6.26 Å². The van der Waals surface area contributed by atoms with Crippen molar-refractivity contribution in [3.8, 4) is 11.3 Å². The summed E-state index contributed by atoms with van der Waals surface area (Å²) in [5, 5.41) is 37.9. The second-order valence-corrected chi connectivity index (χ2v) is 9.51. The van der Waals surface area contributed by atoms with Crippen LogP contribution in [-0.2, 0) is 10.0 Å². The molecular formula is C21H28FN3O6S. The summed E-state index contributed by atoms with van der Waals surface area (Å²) in [5.74, 6) is -0.751. The zero-order valence-corrected chi connectivity index (χ0v) is 18.8. The van der Waals surface area contributed by atoms with Crippen molar-refractivity contribution in [2.75, 3.05) is 11.0 Å². The molecule has 0 spiro atoms. The van der Waals surface area contributed by atoms with E-state index < -0.39 is 34.3 Å². The van der Waals surface area contributed by atoms with Crippen LogP contribution in [0.25, 0.3) is 17.3 Å². The Morgan fingerprint density at radius 1 is 1.06 bits per heavy atom. The van der Waals surface area contributed by atoms with Crippen LogP contribution < -0.4 is 4.72 Å². The molecule has 1 aromatic carbocycles. The number of hydrogen-bond donors (Lipinski definition) is 5. The molecule has 0 fully saturated rings. The van der Waals surface area contributed by atoms with Crippen LogP contribution in [0, 0.1) is 5.82 Å². The number of benzene rings is 1. The van der Waals surface area contributed by atoms with Gasteiger partial charge in [-0.3, -0.25) is 4.72 Å². The van der Waals surface area contributed by atoms with E-state index in [9.17, 15) is 23.0 Å². The summed E-state index contributed by atoms with van der Waals surface area (Å²) in [4.78, 5) is 8.62. The first-order valence-electron chi connectivity index (χ1n) is 9.91. The second kappa shape index (κ2) is 10.9. The number of nitrogens with one attached hydrogen (secondary N) is 1. The summed E-state index contributed by atoms with van der Waals surface area (Å²) < 4.78 is 39.1. The molecule has 0 aliphatic rings. The molecular weight excluding hydrogens is 441 g/mol. The summed E-state index contributed by atoms with van der Waals surface area (Å²) in [6.45, 7) is 3.70. The molecule has 1 aromatic heterocycles. The lowest BCUT2D eigenvalue weighted by Gasteiger charge is -2.17. The van der Waals surface area contributed by atoms with Crippen LogP contribution >= 0.6 is 0 Å². The average Bonchev–Trinajstić information content (AvgIpc) is 2.64. The van der Waals surface area contributed by atoms with E-state index in [0.29, 0.717) is 22.5 Å². The highest BCUT2D eigenvalue weighted by Gasteiger charge is 2.19. The predicted molar refractivity (Wildman–Crippen MR) is 118 cm³/mol. The number of aliphatic hydroxyl groups excluding tert-OH is 3. The zero-order chi connectivity index (χ0) is 24.1.